The van der Waals surface area contributed by atoms with Crippen LogP contribution < -0.4 is 0 Å². The Hall–Kier alpha value is -0.490. The number of hydrogen-bond donors (Lipinski definition) is 0. The van der Waals surface area contributed by atoms with Crippen LogP contribution in [0, 0.1) is 0 Å². The Morgan fingerprint density at radius 2 is 1.71 bits per heavy atom. The van der Waals surface area contributed by atoms with Crippen LogP contribution in [0.1, 0.15) is 0 Å². The third-order valence-corrected chi connectivity index (χ3v) is 1.63. The maximum absolute atomic E-state index is 5.61. The molecule has 0 unspecified atom stereocenters. The molecule has 0 saturated heterocycles. The molecule has 7 heavy (non-hydrogen) atoms. The first-order valence-electron chi connectivity index (χ1n) is 2.18. The van der Waals surface area contributed by atoms with Crippen molar-refractivity contribution < 1.29 is 0 Å². The number of hydrogen-bond acceptors (Lipinski definition) is 0. The zero-order valence-electron chi connectivity index (χ0n) is 3.61. The van der Waals surface area contributed by atoms with Crippen LogP contribution >= 0.6 is 11.6 Å². The largest absolute Gasteiger partial charge is 0.0830 e. The fourth-order valence-electron chi connectivity index (χ4n) is 0.758. The van der Waals surface area contributed by atoms with Crippen molar-refractivity contribution in [3.05, 3.63) is 23.2 Å². The zero-order valence-corrected chi connectivity index (χ0v) is 4.37. The van der Waals surface area contributed by atoms with Crippen LogP contribution in [0.2, 0.25) is 5.02 Å². The van der Waals surface area contributed by atoms with E-state index in [2.05, 4.69) is 0 Å². The highest BCUT2D eigenvalue weighted by Gasteiger charge is 2.19. The minimum atomic E-state index is 0.961. The van der Waals surface area contributed by atoms with Gasteiger partial charge in [0.15, 0.2) is 0 Å². The zero-order chi connectivity index (χ0) is 4.85. The monoisotopic (exact) mass is 110 g/mol. The molecule has 2 aliphatic rings. The van der Waals surface area contributed by atoms with E-state index in [-0.39, 0.29) is 0 Å². The van der Waals surface area contributed by atoms with Crippen molar-refractivity contribution in [1.82, 2.24) is 0 Å². The molecule has 0 atom stereocenters. The third kappa shape index (κ3) is 0.282. The van der Waals surface area contributed by atoms with Gasteiger partial charge in [-0.2, -0.15) is 0 Å². The Balaban J connectivity index is 2.78. The topological polar surface area (TPSA) is 0 Å². The van der Waals surface area contributed by atoms with Gasteiger partial charge in [-0.25, -0.2) is 0 Å². The summed E-state index contributed by atoms with van der Waals surface area (Å²) in [5.41, 5.74) is 2.48. The molecule has 0 bridgehead atoms. The molecule has 2 rings (SSSR count). The van der Waals surface area contributed by atoms with Crippen molar-refractivity contribution in [3.8, 4) is 11.1 Å². The molecule has 1 heteroatoms. The number of fused-ring (bicyclic) bond motifs is 1. The molecule has 0 aliphatic heterocycles. The van der Waals surface area contributed by atoms with Crippen LogP contribution in [-0.4, -0.2) is 0 Å². The maximum Gasteiger partial charge on any atom is 0.0563 e. The molecular weight excluding hydrogens is 108 g/mol. The first-order valence-corrected chi connectivity index (χ1v) is 2.56. The molecule has 34 valence electrons. The van der Waals surface area contributed by atoms with E-state index >= 15 is 0 Å². The lowest BCUT2D eigenvalue weighted by Gasteiger charge is -1.55. The van der Waals surface area contributed by atoms with Crippen molar-refractivity contribution >= 4 is 11.6 Å². The molecule has 0 spiro atoms. The van der Waals surface area contributed by atoms with E-state index in [9.17, 15) is 0 Å². The third-order valence-electron chi connectivity index (χ3n) is 1.23. The van der Waals surface area contributed by atoms with E-state index in [4.69, 9.17) is 11.6 Å². The fraction of sp³-hybridized carbons (Fsp3) is 0. The van der Waals surface area contributed by atoms with Gasteiger partial charge >= 0.3 is 0 Å². The normalized spacial score (nSPS) is 11.6. The lowest BCUT2D eigenvalue weighted by atomic mass is 10.6. The van der Waals surface area contributed by atoms with Gasteiger partial charge in [0, 0.05) is 11.1 Å². The second-order valence-electron chi connectivity index (χ2n) is 1.67. The van der Waals surface area contributed by atoms with Gasteiger partial charge in [-0.1, -0.05) is 29.8 Å². The quantitative estimate of drug-likeness (QED) is 0.488. The summed E-state index contributed by atoms with van der Waals surface area (Å²) in [5.74, 6) is 0. The van der Waals surface area contributed by atoms with E-state index in [0.29, 0.717) is 0 Å². The second kappa shape index (κ2) is 0.846. The van der Waals surface area contributed by atoms with Gasteiger partial charge in [-0.3, -0.25) is 0 Å². The van der Waals surface area contributed by atoms with E-state index in [1.807, 2.05) is 18.2 Å². The Morgan fingerprint density at radius 1 is 1.14 bits per heavy atom. The van der Waals surface area contributed by atoms with Crippen LogP contribution in [0.5, 0.6) is 0 Å². The highest BCUT2D eigenvalue weighted by Crippen LogP contribution is 2.47. The van der Waals surface area contributed by atoms with Crippen molar-refractivity contribution in [1.29, 1.82) is 0 Å². The van der Waals surface area contributed by atoms with Crippen LogP contribution in [0.4, 0.5) is 0 Å². The molecule has 0 fully saturated rings. The van der Waals surface area contributed by atoms with Crippen molar-refractivity contribution in [3.63, 3.8) is 0 Å². The average molecular weight is 111 g/mol. The van der Waals surface area contributed by atoms with Crippen LogP contribution in [0.25, 0.3) is 11.1 Å². The minimum Gasteiger partial charge on any atom is -0.0830 e. The standard InChI is InChI=1S/C6H3Cl/c7-6-4-2-1-3-5(4)6/h1-3H. The highest BCUT2D eigenvalue weighted by atomic mass is 35.5. The van der Waals surface area contributed by atoms with Gasteiger partial charge in [0.2, 0.25) is 0 Å². The van der Waals surface area contributed by atoms with Gasteiger partial charge in [-0.15, -0.1) is 0 Å². The second-order valence-corrected chi connectivity index (χ2v) is 2.05. The highest BCUT2D eigenvalue weighted by molar-refractivity contribution is 6.41. The minimum absolute atomic E-state index is 0.961. The molecule has 0 N–H and O–H groups in total. The summed E-state index contributed by atoms with van der Waals surface area (Å²) in [6, 6.07) is 6.06. The van der Waals surface area contributed by atoms with E-state index in [1.165, 1.54) is 11.1 Å². The first kappa shape index (κ1) is 3.50. The summed E-state index contributed by atoms with van der Waals surface area (Å²) in [4.78, 5) is 0. The number of benzene rings is 1. The van der Waals surface area contributed by atoms with Crippen molar-refractivity contribution in [2.24, 2.45) is 0 Å². The predicted molar refractivity (Wildman–Crippen MR) is 30.4 cm³/mol. The van der Waals surface area contributed by atoms with Crippen molar-refractivity contribution in [2.45, 2.75) is 0 Å². The van der Waals surface area contributed by atoms with Crippen molar-refractivity contribution in [2.75, 3.05) is 0 Å². The van der Waals surface area contributed by atoms with E-state index in [1.54, 1.807) is 0 Å². The maximum atomic E-state index is 5.61. The molecule has 0 amide bonds. The molecule has 0 saturated carbocycles. The van der Waals surface area contributed by atoms with Gasteiger partial charge in [0.05, 0.1) is 5.02 Å². The van der Waals surface area contributed by atoms with Gasteiger partial charge in [0.1, 0.15) is 0 Å². The molecule has 0 radical (unpaired) electrons. The molecular formula is C6H3Cl. The van der Waals surface area contributed by atoms with Crippen LogP contribution in [0.15, 0.2) is 18.2 Å². The molecule has 0 heterocycles. The summed E-state index contributed by atoms with van der Waals surface area (Å²) >= 11 is 5.61. The predicted octanol–water partition coefficient (Wildman–Crippen LogP) is 2.32. The summed E-state index contributed by atoms with van der Waals surface area (Å²) in [7, 11) is 0. The summed E-state index contributed by atoms with van der Waals surface area (Å²) < 4.78 is 0. The molecule has 0 aromatic rings. The summed E-state index contributed by atoms with van der Waals surface area (Å²) in [6.07, 6.45) is 0. The van der Waals surface area contributed by atoms with Gasteiger partial charge in [-0.05, 0) is 0 Å². The van der Waals surface area contributed by atoms with Crippen LogP contribution in [0.3, 0.4) is 0 Å². The Labute approximate surface area is 46.7 Å². The van der Waals surface area contributed by atoms with Gasteiger partial charge in [0.25, 0.3) is 0 Å². The SMILES string of the molecule is Clc1c2cccc1-2. The van der Waals surface area contributed by atoms with Crippen LogP contribution in [-0.2, 0) is 0 Å². The summed E-state index contributed by atoms with van der Waals surface area (Å²) in [6.45, 7) is 0. The van der Waals surface area contributed by atoms with E-state index in [0.717, 1.165) is 5.02 Å². The molecule has 0 aromatic heterocycles. The van der Waals surface area contributed by atoms with Gasteiger partial charge < -0.3 is 0 Å². The number of halogens is 1. The fourth-order valence-corrected chi connectivity index (χ4v) is 1.04. The summed E-state index contributed by atoms with van der Waals surface area (Å²) in [5, 5.41) is 0.961. The molecule has 0 aromatic carbocycles. The first-order chi connectivity index (χ1) is 3.39. The Morgan fingerprint density at radius 3 is 2.00 bits per heavy atom. The molecule has 2 aliphatic carbocycles. The number of rotatable bonds is 0. The van der Waals surface area contributed by atoms with E-state index < -0.39 is 0 Å². The smallest absolute Gasteiger partial charge is 0.0563 e. The lowest BCUT2D eigenvalue weighted by molar-refractivity contribution is 2.00. The Bertz CT molecular complexity index is 195. The Kier molecular flexibility index (Phi) is 0.424. The average Bonchev–Trinajstić information content (AvgIpc) is 2.26. The molecule has 0 nitrogen and oxygen atoms in total. The lowest BCUT2D eigenvalue weighted by Crippen LogP contribution is -1.29.